The minimum atomic E-state index is -3.65. The van der Waals surface area contributed by atoms with E-state index in [9.17, 15) is 18.0 Å². The predicted octanol–water partition coefficient (Wildman–Crippen LogP) is 0.710. The highest BCUT2D eigenvalue weighted by Crippen LogP contribution is 2.22. The maximum atomic E-state index is 13.1. The third-order valence-corrected chi connectivity index (χ3v) is 8.60. The summed E-state index contributed by atoms with van der Waals surface area (Å²) in [5, 5.41) is 3.03. The Kier molecular flexibility index (Phi) is 9.57. The van der Waals surface area contributed by atoms with E-state index in [2.05, 4.69) is 10.2 Å². The molecule has 3 aliphatic rings. The van der Waals surface area contributed by atoms with Crippen molar-refractivity contribution in [1.82, 2.24) is 23.7 Å². The van der Waals surface area contributed by atoms with Gasteiger partial charge in [-0.1, -0.05) is 12.8 Å². The van der Waals surface area contributed by atoms with Gasteiger partial charge < -0.3 is 19.9 Å². The van der Waals surface area contributed by atoms with Crippen molar-refractivity contribution in [3.63, 3.8) is 0 Å². The average Bonchev–Trinajstić information content (AvgIpc) is 3.08. The zero-order valence-electron chi connectivity index (χ0n) is 19.3. The molecule has 0 bridgehead atoms. The molecule has 3 aliphatic heterocycles. The van der Waals surface area contributed by atoms with Crippen molar-refractivity contribution < 1.29 is 22.7 Å². The number of hydrogen-bond donors (Lipinski definition) is 1. The summed E-state index contributed by atoms with van der Waals surface area (Å²) < 4.78 is 34.1. The molecule has 3 saturated heterocycles. The van der Waals surface area contributed by atoms with Crippen LogP contribution in [0, 0.1) is 5.92 Å². The molecule has 0 spiro atoms. The first-order chi connectivity index (χ1) is 15.4. The molecule has 32 heavy (non-hydrogen) atoms. The van der Waals surface area contributed by atoms with Crippen LogP contribution >= 0.6 is 0 Å². The van der Waals surface area contributed by atoms with Crippen molar-refractivity contribution in [3.8, 4) is 0 Å². The van der Waals surface area contributed by atoms with E-state index in [0.717, 1.165) is 19.6 Å². The van der Waals surface area contributed by atoms with Gasteiger partial charge in [0, 0.05) is 52.4 Å². The first kappa shape index (κ1) is 25.2. The summed E-state index contributed by atoms with van der Waals surface area (Å²) in [6.45, 7) is 7.44. The molecule has 3 fully saturated rings. The number of piperidine rings is 1. The van der Waals surface area contributed by atoms with Crippen LogP contribution in [0.4, 0.5) is 4.79 Å². The number of hydrogen-bond acceptors (Lipinski definition) is 6. The van der Waals surface area contributed by atoms with Crippen LogP contribution in [0.3, 0.4) is 0 Å². The predicted molar refractivity (Wildman–Crippen MR) is 121 cm³/mol. The Morgan fingerprint density at radius 3 is 2.25 bits per heavy atom. The molecule has 0 saturated carbocycles. The molecule has 184 valence electrons. The van der Waals surface area contributed by atoms with Gasteiger partial charge in [0.25, 0.3) is 10.2 Å². The average molecular weight is 474 g/mol. The summed E-state index contributed by atoms with van der Waals surface area (Å²) in [5.74, 6) is -0.365. The highest BCUT2D eigenvalue weighted by molar-refractivity contribution is 7.86. The smallest absolute Gasteiger partial charge is 0.409 e. The molecule has 0 aromatic rings. The quantitative estimate of drug-likeness (QED) is 0.584. The largest absolute Gasteiger partial charge is 0.450 e. The van der Waals surface area contributed by atoms with Gasteiger partial charge in [0.05, 0.1) is 12.5 Å². The van der Waals surface area contributed by atoms with Crippen LogP contribution in [0.15, 0.2) is 0 Å². The van der Waals surface area contributed by atoms with Crippen LogP contribution in [0.2, 0.25) is 0 Å². The van der Waals surface area contributed by atoms with Crippen LogP contribution in [0.1, 0.15) is 45.4 Å². The molecule has 0 unspecified atom stereocenters. The van der Waals surface area contributed by atoms with Crippen LogP contribution in [-0.4, -0.2) is 111 Å². The molecule has 11 heteroatoms. The maximum Gasteiger partial charge on any atom is 0.409 e. The fourth-order valence-corrected chi connectivity index (χ4v) is 6.37. The van der Waals surface area contributed by atoms with Crippen molar-refractivity contribution >= 4 is 22.2 Å². The SMILES string of the molecule is CCOC(=O)N1CCN(S(=O)(=O)N2CCC[C@@H](C(=O)NCCN3CCCCCC3)C2)CC1. The molecular formula is C21H39N5O5S. The van der Waals surface area contributed by atoms with Crippen LogP contribution < -0.4 is 5.32 Å². The first-order valence-corrected chi connectivity index (χ1v) is 13.5. The van der Waals surface area contributed by atoms with E-state index < -0.39 is 16.3 Å². The first-order valence-electron chi connectivity index (χ1n) is 12.1. The number of likely N-dealkylation sites (tertiary alicyclic amines) is 1. The lowest BCUT2D eigenvalue weighted by Crippen LogP contribution is -2.56. The summed E-state index contributed by atoms with van der Waals surface area (Å²) in [6, 6.07) is 0. The number of nitrogens with one attached hydrogen (secondary N) is 1. The van der Waals surface area contributed by atoms with Gasteiger partial charge in [0.1, 0.15) is 0 Å². The van der Waals surface area contributed by atoms with E-state index >= 15 is 0 Å². The second-order valence-corrected chi connectivity index (χ2v) is 10.8. The minimum absolute atomic E-state index is 0.0492. The van der Waals surface area contributed by atoms with Gasteiger partial charge in [-0.05, 0) is 45.7 Å². The molecule has 0 aromatic heterocycles. The van der Waals surface area contributed by atoms with Gasteiger partial charge in [-0.3, -0.25) is 4.79 Å². The van der Waals surface area contributed by atoms with Crippen molar-refractivity contribution in [2.75, 3.05) is 72.1 Å². The van der Waals surface area contributed by atoms with Gasteiger partial charge in [-0.2, -0.15) is 17.0 Å². The van der Waals surface area contributed by atoms with Gasteiger partial charge in [-0.15, -0.1) is 0 Å². The standard InChI is InChI=1S/C21H39N5O5S/c1-2-31-21(28)24-14-16-25(17-15-24)32(29,30)26-12-7-8-19(18-26)20(27)22-9-13-23-10-5-3-4-6-11-23/h19H,2-18H2,1H3,(H,22,27)/t19-/m1/s1. The Bertz CT molecular complexity index is 718. The zero-order chi connectivity index (χ0) is 23.0. The summed E-state index contributed by atoms with van der Waals surface area (Å²) in [6.07, 6.45) is 5.99. The molecule has 0 radical (unpaired) electrons. The van der Waals surface area contributed by atoms with Crippen LogP contribution in [0.5, 0.6) is 0 Å². The Morgan fingerprint density at radius 2 is 1.59 bits per heavy atom. The molecular weight excluding hydrogens is 434 g/mol. The lowest BCUT2D eigenvalue weighted by Gasteiger charge is -2.38. The highest BCUT2D eigenvalue weighted by Gasteiger charge is 2.37. The minimum Gasteiger partial charge on any atom is -0.450 e. The van der Waals surface area contributed by atoms with Crippen molar-refractivity contribution in [1.29, 1.82) is 0 Å². The second kappa shape index (κ2) is 12.2. The Morgan fingerprint density at radius 1 is 0.906 bits per heavy atom. The highest BCUT2D eigenvalue weighted by atomic mass is 32.2. The van der Waals surface area contributed by atoms with Crippen molar-refractivity contribution in [2.24, 2.45) is 5.92 Å². The molecule has 10 nitrogen and oxygen atoms in total. The lowest BCUT2D eigenvalue weighted by atomic mass is 9.99. The summed E-state index contributed by atoms with van der Waals surface area (Å²) in [4.78, 5) is 28.5. The van der Waals surface area contributed by atoms with E-state index in [1.807, 2.05) is 0 Å². The van der Waals surface area contributed by atoms with Gasteiger partial charge >= 0.3 is 6.09 Å². The topological polar surface area (TPSA) is 102 Å². The number of nitrogens with zero attached hydrogens (tertiary/aromatic N) is 4. The van der Waals surface area contributed by atoms with Crippen LogP contribution in [0.25, 0.3) is 0 Å². The lowest BCUT2D eigenvalue weighted by molar-refractivity contribution is -0.126. The number of ether oxygens (including phenoxy) is 1. The summed E-state index contributed by atoms with van der Waals surface area (Å²) >= 11 is 0. The molecule has 3 heterocycles. The molecule has 2 amide bonds. The molecule has 0 aliphatic carbocycles. The van der Waals surface area contributed by atoms with E-state index in [0.29, 0.717) is 45.6 Å². The Hall–Kier alpha value is -1.43. The summed E-state index contributed by atoms with van der Waals surface area (Å²) in [5.41, 5.74) is 0. The van der Waals surface area contributed by atoms with Crippen molar-refractivity contribution in [3.05, 3.63) is 0 Å². The fourth-order valence-electron chi connectivity index (χ4n) is 4.69. The van der Waals surface area contributed by atoms with Gasteiger partial charge in [-0.25, -0.2) is 4.79 Å². The second-order valence-electron chi connectivity index (χ2n) is 8.84. The van der Waals surface area contributed by atoms with Crippen LogP contribution in [-0.2, 0) is 19.7 Å². The third-order valence-electron chi connectivity index (χ3n) is 6.60. The monoisotopic (exact) mass is 473 g/mol. The Labute approximate surface area is 192 Å². The third kappa shape index (κ3) is 6.79. The molecule has 1 atom stereocenters. The molecule has 0 aromatic carbocycles. The Balaban J connectivity index is 1.45. The zero-order valence-corrected chi connectivity index (χ0v) is 20.2. The van der Waals surface area contributed by atoms with Gasteiger partial charge in [0.2, 0.25) is 5.91 Å². The van der Waals surface area contributed by atoms with E-state index in [4.69, 9.17) is 4.74 Å². The number of piperazine rings is 1. The van der Waals surface area contributed by atoms with E-state index in [1.165, 1.54) is 39.2 Å². The van der Waals surface area contributed by atoms with Gasteiger partial charge in [0.15, 0.2) is 0 Å². The number of amides is 2. The van der Waals surface area contributed by atoms with E-state index in [-0.39, 0.29) is 31.5 Å². The fraction of sp³-hybridized carbons (Fsp3) is 0.905. The maximum absolute atomic E-state index is 13.1. The number of rotatable bonds is 7. The number of carbonyl (C=O) groups is 2. The molecule has 1 N–H and O–H groups in total. The molecule has 3 rings (SSSR count). The van der Waals surface area contributed by atoms with Crippen molar-refractivity contribution in [2.45, 2.75) is 45.4 Å². The normalized spacial score (nSPS) is 24.7. The summed E-state index contributed by atoms with van der Waals surface area (Å²) in [7, 11) is -3.65. The van der Waals surface area contributed by atoms with E-state index in [1.54, 1.807) is 6.92 Å². The number of carbonyl (C=O) groups excluding carboxylic acids is 2.